The van der Waals surface area contributed by atoms with E-state index >= 15 is 0 Å². The lowest BCUT2D eigenvalue weighted by Gasteiger charge is -2.14. The van der Waals surface area contributed by atoms with E-state index in [1.165, 1.54) is 11.1 Å². The van der Waals surface area contributed by atoms with E-state index in [4.69, 9.17) is 0 Å². The fourth-order valence-corrected chi connectivity index (χ4v) is 1.82. The number of nitrogens with one attached hydrogen (secondary N) is 1. The molecule has 0 heterocycles. The van der Waals surface area contributed by atoms with E-state index in [9.17, 15) is 0 Å². The maximum absolute atomic E-state index is 3.75. The zero-order valence-electron chi connectivity index (χ0n) is 11.1. The Hall–Kier alpha value is -1.12. The Morgan fingerprint density at radius 2 is 1.88 bits per heavy atom. The molecule has 0 aromatic heterocycles. The van der Waals surface area contributed by atoms with Crippen LogP contribution in [0.1, 0.15) is 18.1 Å². The number of hydrogen-bond donors (Lipinski definition) is 1. The van der Waals surface area contributed by atoms with Gasteiger partial charge in [0, 0.05) is 13.1 Å². The summed E-state index contributed by atoms with van der Waals surface area (Å²) in [4.78, 5) is 2.25. The predicted molar refractivity (Wildman–Crippen MR) is 75.2 cm³/mol. The van der Waals surface area contributed by atoms with Gasteiger partial charge in [-0.1, -0.05) is 37.3 Å². The molecule has 0 amide bonds. The lowest BCUT2D eigenvalue weighted by molar-refractivity contribution is 0.363. The SMILES string of the molecule is C=CCN(C)Cc1ccc(CCNCC)cc1. The quantitative estimate of drug-likeness (QED) is 0.547. The van der Waals surface area contributed by atoms with Gasteiger partial charge in [-0.05, 0) is 37.7 Å². The third-order valence-corrected chi connectivity index (χ3v) is 2.76. The first-order chi connectivity index (χ1) is 8.26. The molecule has 94 valence electrons. The van der Waals surface area contributed by atoms with Crippen LogP contribution in [0.25, 0.3) is 0 Å². The highest BCUT2D eigenvalue weighted by Gasteiger charge is 1.98. The standard InChI is InChI=1S/C15H24N2/c1-4-12-17(3)13-15-8-6-14(7-9-15)10-11-16-5-2/h4,6-9,16H,1,5,10-13H2,2-3H3. The first kappa shape index (κ1) is 13.9. The van der Waals surface area contributed by atoms with Crippen molar-refractivity contribution in [3.05, 3.63) is 48.0 Å². The van der Waals surface area contributed by atoms with Crippen molar-refractivity contribution in [1.82, 2.24) is 10.2 Å². The van der Waals surface area contributed by atoms with Gasteiger partial charge >= 0.3 is 0 Å². The minimum atomic E-state index is 0.933. The molecule has 0 aliphatic heterocycles. The molecule has 0 aliphatic carbocycles. The van der Waals surface area contributed by atoms with Crippen LogP contribution >= 0.6 is 0 Å². The van der Waals surface area contributed by atoms with Crippen molar-refractivity contribution in [2.24, 2.45) is 0 Å². The molecule has 1 rings (SSSR count). The van der Waals surface area contributed by atoms with Gasteiger partial charge in [-0.15, -0.1) is 6.58 Å². The third kappa shape index (κ3) is 5.66. The van der Waals surface area contributed by atoms with Crippen molar-refractivity contribution in [3.8, 4) is 0 Å². The summed E-state index contributed by atoms with van der Waals surface area (Å²) >= 11 is 0. The van der Waals surface area contributed by atoms with Gasteiger partial charge in [0.15, 0.2) is 0 Å². The van der Waals surface area contributed by atoms with Crippen LogP contribution in [0.3, 0.4) is 0 Å². The molecular weight excluding hydrogens is 208 g/mol. The maximum atomic E-state index is 3.75. The van der Waals surface area contributed by atoms with Crippen molar-refractivity contribution in [3.63, 3.8) is 0 Å². The summed E-state index contributed by atoms with van der Waals surface area (Å²) in [6.45, 7) is 9.91. The molecule has 0 bridgehead atoms. The zero-order valence-corrected chi connectivity index (χ0v) is 11.1. The Morgan fingerprint density at radius 1 is 1.24 bits per heavy atom. The molecule has 1 aromatic rings. The molecule has 0 saturated carbocycles. The third-order valence-electron chi connectivity index (χ3n) is 2.76. The van der Waals surface area contributed by atoms with Gasteiger partial charge in [0.25, 0.3) is 0 Å². The summed E-state index contributed by atoms with van der Waals surface area (Å²) in [5, 5.41) is 3.34. The summed E-state index contributed by atoms with van der Waals surface area (Å²) < 4.78 is 0. The number of nitrogens with zero attached hydrogens (tertiary/aromatic N) is 1. The summed E-state index contributed by atoms with van der Waals surface area (Å²) in [5.41, 5.74) is 2.77. The van der Waals surface area contributed by atoms with Gasteiger partial charge in [0.1, 0.15) is 0 Å². The van der Waals surface area contributed by atoms with Gasteiger partial charge in [-0.3, -0.25) is 4.90 Å². The van der Waals surface area contributed by atoms with Crippen molar-refractivity contribution in [2.45, 2.75) is 19.9 Å². The predicted octanol–water partition coefficient (Wildman–Crippen LogP) is 2.46. The summed E-state index contributed by atoms with van der Waals surface area (Å²) in [5.74, 6) is 0. The van der Waals surface area contributed by atoms with Crippen molar-refractivity contribution in [1.29, 1.82) is 0 Å². The summed E-state index contributed by atoms with van der Waals surface area (Å²) in [7, 11) is 2.11. The second-order valence-corrected chi connectivity index (χ2v) is 4.41. The highest BCUT2D eigenvalue weighted by Crippen LogP contribution is 2.07. The zero-order chi connectivity index (χ0) is 12.5. The Morgan fingerprint density at radius 3 is 2.47 bits per heavy atom. The van der Waals surface area contributed by atoms with E-state index in [0.29, 0.717) is 0 Å². The van der Waals surface area contributed by atoms with Crippen LogP contribution in [-0.2, 0) is 13.0 Å². The summed E-state index contributed by atoms with van der Waals surface area (Å²) in [6, 6.07) is 8.91. The largest absolute Gasteiger partial charge is 0.317 e. The Bertz CT molecular complexity index is 316. The molecule has 0 unspecified atom stereocenters. The highest BCUT2D eigenvalue weighted by molar-refractivity contribution is 5.22. The smallest absolute Gasteiger partial charge is 0.0233 e. The fraction of sp³-hybridized carbons (Fsp3) is 0.467. The number of benzene rings is 1. The van der Waals surface area contributed by atoms with Gasteiger partial charge in [-0.2, -0.15) is 0 Å². The molecule has 2 heteroatoms. The average Bonchev–Trinajstić information content (AvgIpc) is 2.32. The van der Waals surface area contributed by atoms with E-state index in [1.54, 1.807) is 0 Å². The van der Waals surface area contributed by atoms with E-state index in [2.05, 4.69) is 55.0 Å². The molecule has 0 atom stereocenters. The Balaban J connectivity index is 2.41. The molecule has 2 nitrogen and oxygen atoms in total. The molecule has 0 radical (unpaired) electrons. The number of rotatable bonds is 8. The highest BCUT2D eigenvalue weighted by atomic mass is 15.1. The molecule has 0 saturated heterocycles. The number of hydrogen-bond acceptors (Lipinski definition) is 2. The minimum Gasteiger partial charge on any atom is -0.317 e. The topological polar surface area (TPSA) is 15.3 Å². The van der Waals surface area contributed by atoms with Crippen LogP contribution in [0.5, 0.6) is 0 Å². The second-order valence-electron chi connectivity index (χ2n) is 4.41. The molecule has 1 N–H and O–H groups in total. The second kappa shape index (κ2) is 8.04. The molecule has 1 aromatic carbocycles. The number of likely N-dealkylation sites (N-methyl/N-ethyl adjacent to an activating group) is 2. The monoisotopic (exact) mass is 232 g/mol. The fourth-order valence-electron chi connectivity index (χ4n) is 1.82. The van der Waals surface area contributed by atoms with Crippen LogP contribution in [0.2, 0.25) is 0 Å². The van der Waals surface area contributed by atoms with E-state index in [1.807, 2.05) is 6.08 Å². The van der Waals surface area contributed by atoms with E-state index in [0.717, 1.165) is 32.6 Å². The normalized spacial score (nSPS) is 10.8. The molecular formula is C15H24N2. The maximum Gasteiger partial charge on any atom is 0.0233 e. The first-order valence-corrected chi connectivity index (χ1v) is 6.34. The van der Waals surface area contributed by atoms with Crippen LogP contribution in [0.4, 0.5) is 0 Å². The van der Waals surface area contributed by atoms with Gasteiger partial charge in [0.05, 0.1) is 0 Å². The van der Waals surface area contributed by atoms with Crippen LogP contribution in [0.15, 0.2) is 36.9 Å². The molecule has 0 spiro atoms. The summed E-state index contributed by atoms with van der Waals surface area (Å²) in [6.07, 6.45) is 3.04. The minimum absolute atomic E-state index is 0.933. The van der Waals surface area contributed by atoms with Crippen molar-refractivity contribution >= 4 is 0 Å². The van der Waals surface area contributed by atoms with Crippen LogP contribution < -0.4 is 5.32 Å². The molecule has 17 heavy (non-hydrogen) atoms. The van der Waals surface area contributed by atoms with Crippen LogP contribution in [-0.4, -0.2) is 31.6 Å². The van der Waals surface area contributed by atoms with E-state index in [-0.39, 0.29) is 0 Å². The lowest BCUT2D eigenvalue weighted by atomic mass is 10.1. The first-order valence-electron chi connectivity index (χ1n) is 6.34. The van der Waals surface area contributed by atoms with Crippen molar-refractivity contribution < 1.29 is 0 Å². The lowest BCUT2D eigenvalue weighted by Crippen LogP contribution is -2.17. The van der Waals surface area contributed by atoms with Crippen molar-refractivity contribution in [2.75, 3.05) is 26.7 Å². The van der Waals surface area contributed by atoms with Gasteiger partial charge < -0.3 is 5.32 Å². The molecule has 0 fully saturated rings. The van der Waals surface area contributed by atoms with Gasteiger partial charge in [-0.25, -0.2) is 0 Å². The van der Waals surface area contributed by atoms with Crippen LogP contribution in [0, 0.1) is 0 Å². The average molecular weight is 232 g/mol. The molecule has 0 aliphatic rings. The Kier molecular flexibility index (Phi) is 6.60. The van der Waals surface area contributed by atoms with Gasteiger partial charge in [0.2, 0.25) is 0 Å². The van der Waals surface area contributed by atoms with E-state index < -0.39 is 0 Å². The Labute approximate surface area is 105 Å².